The molecule has 4 nitrogen and oxygen atoms in total. The number of nitrogens with one attached hydrogen (secondary N) is 1. The smallest absolute Gasteiger partial charge is 0.0730 e. The highest BCUT2D eigenvalue weighted by molar-refractivity contribution is 5.07. The van der Waals surface area contributed by atoms with Gasteiger partial charge >= 0.3 is 0 Å². The van der Waals surface area contributed by atoms with E-state index in [1.165, 1.54) is 51.4 Å². The molecule has 3 aliphatic carbocycles. The van der Waals surface area contributed by atoms with Crippen molar-refractivity contribution in [1.29, 1.82) is 0 Å². The molecular formula is C17H30N2O2. The van der Waals surface area contributed by atoms with Gasteiger partial charge in [0.15, 0.2) is 0 Å². The Morgan fingerprint density at radius 2 is 1.90 bits per heavy atom. The normalized spacial score (nSPS) is 37.0. The van der Waals surface area contributed by atoms with Crippen molar-refractivity contribution < 1.29 is 9.84 Å². The first-order valence-corrected chi connectivity index (χ1v) is 9.05. The van der Waals surface area contributed by atoms with Crippen molar-refractivity contribution in [1.82, 2.24) is 10.2 Å². The van der Waals surface area contributed by atoms with Crippen LogP contribution in [0.25, 0.3) is 0 Å². The number of aliphatic hydroxyl groups excluding tert-OH is 1. The maximum atomic E-state index is 10.2. The van der Waals surface area contributed by atoms with Crippen LogP contribution in [0.5, 0.6) is 0 Å². The monoisotopic (exact) mass is 294 g/mol. The van der Waals surface area contributed by atoms with Gasteiger partial charge in [-0.15, -0.1) is 0 Å². The third kappa shape index (κ3) is 3.00. The first kappa shape index (κ1) is 14.4. The molecule has 4 fully saturated rings. The fourth-order valence-corrected chi connectivity index (χ4v) is 4.52. The molecule has 21 heavy (non-hydrogen) atoms. The average molecular weight is 294 g/mol. The summed E-state index contributed by atoms with van der Waals surface area (Å²) < 4.78 is 6.01. The lowest BCUT2D eigenvalue weighted by atomic mass is 9.87. The van der Waals surface area contributed by atoms with E-state index in [0.717, 1.165) is 19.7 Å². The molecule has 0 aromatic rings. The zero-order valence-corrected chi connectivity index (χ0v) is 13.1. The van der Waals surface area contributed by atoms with Gasteiger partial charge in [0.2, 0.25) is 0 Å². The lowest BCUT2D eigenvalue weighted by Crippen LogP contribution is -2.63. The van der Waals surface area contributed by atoms with Crippen LogP contribution in [0.2, 0.25) is 0 Å². The van der Waals surface area contributed by atoms with Gasteiger partial charge in [-0.25, -0.2) is 0 Å². The molecule has 4 aliphatic rings. The average Bonchev–Trinajstić information content (AvgIpc) is 3.39. The van der Waals surface area contributed by atoms with Gasteiger partial charge in [-0.05, 0) is 44.4 Å². The predicted octanol–water partition coefficient (Wildman–Crippen LogP) is 1.52. The van der Waals surface area contributed by atoms with E-state index in [4.69, 9.17) is 4.74 Å². The molecule has 3 saturated carbocycles. The highest BCUT2D eigenvalue weighted by atomic mass is 16.5. The molecule has 0 amide bonds. The van der Waals surface area contributed by atoms with Crippen molar-refractivity contribution in [2.45, 2.75) is 75.1 Å². The standard InChI is InChI=1S/C17H30N2O2/c20-12-17(13-5-6-13,18-14-7-8-14)11-19-9-10-21-16-4-2-1-3-15(16)19/h13-16,18,20H,1-12H2. The van der Waals surface area contributed by atoms with Gasteiger partial charge in [-0.1, -0.05) is 12.8 Å². The first-order valence-electron chi connectivity index (χ1n) is 9.05. The number of rotatable bonds is 6. The summed E-state index contributed by atoms with van der Waals surface area (Å²) in [7, 11) is 0. The minimum atomic E-state index is -0.0412. The molecule has 0 aromatic carbocycles. The number of morpholine rings is 1. The lowest BCUT2D eigenvalue weighted by Gasteiger charge is -2.48. The molecule has 0 spiro atoms. The Kier molecular flexibility index (Phi) is 3.99. The van der Waals surface area contributed by atoms with E-state index < -0.39 is 0 Å². The molecule has 2 N–H and O–H groups in total. The number of fused-ring (bicyclic) bond motifs is 1. The summed E-state index contributed by atoms with van der Waals surface area (Å²) in [6, 6.07) is 1.26. The van der Waals surface area contributed by atoms with Crippen LogP contribution in [0.3, 0.4) is 0 Å². The number of ether oxygens (including phenoxy) is 1. The second-order valence-corrected chi connectivity index (χ2v) is 7.74. The summed E-state index contributed by atoms with van der Waals surface area (Å²) in [5.41, 5.74) is -0.0412. The molecule has 0 aromatic heterocycles. The van der Waals surface area contributed by atoms with Crippen molar-refractivity contribution in [2.24, 2.45) is 5.92 Å². The maximum absolute atomic E-state index is 10.2. The zero-order chi connectivity index (χ0) is 14.3. The third-order valence-corrected chi connectivity index (χ3v) is 6.04. The Morgan fingerprint density at radius 1 is 1.10 bits per heavy atom. The van der Waals surface area contributed by atoms with Crippen molar-refractivity contribution in [3.05, 3.63) is 0 Å². The molecule has 0 bridgehead atoms. The summed E-state index contributed by atoms with van der Waals surface area (Å²) in [4.78, 5) is 2.65. The van der Waals surface area contributed by atoms with Gasteiger partial charge in [-0.3, -0.25) is 4.90 Å². The predicted molar refractivity (Wildman–Crippen MR) is 82.3 cm³/mol. The molecule has 3 unspecified atom stereocenters. The summed E-state index contributed by atoms with van der Waals surface area (Å²) >= 11 is 0. The minimum Gasteiger partial charge on any atom is -0.394 e. The lowest BCUT2D eigenvalue weighted by molar-refractivity contribution is -0.0991. The number of hydrogen-bond donors (Lipinski definition) is 2. The van der Waals surface area contributed by atoms with Crippen LogP contribution in [-0.4, -0.2) is 60.0 Å². The minimum absolute atomic E-state index is 0.0412. The Bertz CT molecular complexity index is 368. The first-order chi connectivity index (χ1) is 10.3. The number of nitrogens with zero attached hydrogens (tertiary/aromatic N) is 1. The highest BCUT2D eigenvalue weighted by Crippen LogP contribution is 2.43. The summed E-state index contributed by atoms with van der Waals surface area (Å²) in [6.07, 6.45) is 10.8. The fraction of sp³-hybridized carbons (Fsp3) is 1.00. The van der Waals surface area contributed by atoms with Crippen LogP contribution in [-0.2, 0) is 4.74 Å². The Balaban J connectivity index is 1.48. The van der Waals surface area contributed by atoms with Crippen LogP contribution < -0.4 is 5.32 Å². The van der Waals surface area contributed by atoms with Gasteiger partial charge in [-0.2, -0.15) is 0 Å². The van der Waals surface area contributed by atoms with E-state index >= 15 is 0 Å². The third-order valence-electron chi connectivity index (χ3n) is 6.04. The van der Waals surface area contributed by atoms with E-state index in [0.29, 0.717) is 30.7 Å². The van der Waals surface area contributed by atoms with Crippen LogP contribution in [0, 0.1) is 5.92 Å². The molecule has 120 valence electrons. The van der Waals surface area contributed by atoms with Crippen molar-refractivity contribution in [2.75, 3.05) is 26.3 Å². The Labute approximate surface area is 128 Å². The van der Waals surface area contributed by atoms with Crippen LogP contribution in [0.4, 0.5) is 0 Å². The molecule has 4 heteroatoms. The summed E-state index contributed by atoms with van der Waals surface area (Å²) in [5.74, 6) is 0.688. The van der Waals surface area contributed by atoms with Crippen LogP contribution in [0.1, 0.15) is 51.4 Å². The highest BCUT2D eigenvalue weighted by Gasteiger charge is 2.49. The number of hydrogen-bond acceptors (Lipinski definition) is 4. The van der Waals surface area contributed by atoms with E-state index in [1.54, 1.807) is 0 Å². The van der Waals surface area contributed by atoms with Crippen molar-refractivity contribution in [3.63, 3.8) is 0 Å². The summed E-state index contributed by atoms with van der Waals surface area (Å²) in [5, 5.41) is 14.0. The maximum Gasteiger partial charge on any atom is 0.0730 e. The van der Waals surface area contributed by atoms with E-state index in [1.807, 2.05) is 0 Å². The second-order valence-electron chi connectivity index (χ2n) is 7.74. The van der Waals surface area contributed by atoms with Gasteiger partial charge < -0.3 is 15.2 Å². The largest absolute Gasteiger partial charge is 0.394 e. The van der Waals surface area contributed by atoms with Crippen molar-refractivity contribution >= 4 is 0 Å². The van der Waals surface area contributed by atoms with E-state index in [9.17, 15) is 5.11 Å². The number of aliphatic hydroxyl groups is 1. The van der Waals surface area contributed by atoms with Gasteiger partial charge in [0.1, 0.15) is 0 Å². The second kappa shape index (κ2) is 5.80. The fourth-order valence-electron chi connectivity index (χ4n) is 4.52. The van der Waals surface area contributed by atoms with Crippen molar-refractivity contribution in [3.8, 4) is 0 Å². The Hall–Kier alpha value is -0.160. The topological polar surface area (TPSA) is 44.7 Å². The van der Waals surface area contributed by atoms with Gasteiger partial charge in [0.05, 0.1) is 24.9 Å². The van der Waals surface area contributed by atoms with Crippen LogP contribution in [0.15, 0.2) is 0 Å². The molecule has 1 aliphatic heterocycles. The molecule has 1 heterocycles. The van der Waals surface area contributed by atoms with E-state index in [2.05, 4.69) is 10.2 Å². The zero-order valence-electron chi connectivity index (χ0n) is 13.1. The molecule has 0 radical (unpaired) electrons. The van der Waals surface area contributed by atoms with Gasteiger partial charge in [0, 0.05) is 25.2 Å². The van der Waals surface area contributed by atoms with E-state index in [-0.39, 0.29) is 5.54 Å². The Morgan fingerprint density at radius 3 is 2.62 bits per heavy atom. The summed E-state index contributed by atoms with van der Waals surface area (Å²) in [6.45, 7) is 3.23. The molecule has 3 atom stereocenters. The molecule has 4 rings (SSSR count). The molecule has 1 saturated heterocycles. The molecular weight excluding hydrogens is 264 g/mol. The quantitative estimate of drug-likeness (QED) is 0.780. The van der Waals surface area contributed by atoms with Gasteiger partial charge in [0.25, 0.3) is 0 Å². The SMILES string of the molecule is OCC(CN1CCOC2CCCCC21)(NC1CC1)C1CC1. The van der Waals surface area contributed by atoms with Crippen LogP contribution >= 0.6 is 0 Å².